The Balaban J connectivity index is 2.51. The van der Waals surface area contributed by atoms with Crippen LogP contribution in [0.15, 0.2) is 4.99 Å². The lowest BCUT2D eigenvalue weighted by molar-refractivity contribution is -0.129. The number of nitrogens with one attached hydrogen (secondary N) is 2. The maximum absolute atomic E-state index is 11.6. The second-order valence-corrected chi connectivity index (χ2v) is 7.47. The average Bonchev–Trinajstić information content (AvgIpc) is 2.85. The van der Waals surface area contributed by atoms with Gasteiger partial charge in [0.25, 0.3) is 0 Å². The molecule has 21 heavy (non-hydrogen) atoms. The number of likely N-dealkylation sites (tertiary alicyclic amines) is 1. The first kappa shape index (κ1) is 17.7. The maximum atomic E-state index is 11.6. The van der Waals surface area contributed by atoms with Crippen LogP contribution in [0.2, 0.25) is 0 Å². The highest BCUT2D eigenvalue weighted by Gasteiger charge is 2.25. The molecule has 1 saturated heterocycles. The molecule has 7 nitrogen and oxygen atoms in total. The Morgan fingerprint density at radius 1 is 1.38 bits per heavy atom. The van der Waals surface area contributed by atoms with E-state index in [1.807, 2.05) is 18.7 Å². The lowest BCUT2D eigenvalue weighted by Crippen LogP contribution is -2.45. The van der Waals surface area contributed by atoms with Gasteiger partial charge in [-0.3, -0.25) is 9.79 Å². The maximum Gasteiger partial charge on any atom is 0.222 e. The predicted molar refractivity (Wildman–Crippen MR) is 84.1 cm³/mol. The second-order valence-electron chi connectivity index (χ2n) is 5.21. The third kappa shape index (κ3) is 6.79. The zero-order valence-corrected chi connectivity index (χ0v) is 13.9. The highest BCUT2D eigenvalue weighted by Crippen LogP contribution is 2.10. The van der Waals surface area contributed by atoms with Gasteiger partial charge in [-0.1, -0.05) is 6.92 Å². The normalized spacial score (nSPS) is 19.7. The third-order valence-electron chi connectivity index (χ3n) is 3.26. The van der Waals surface area contributed by atoms with E-state index in [1.165, 1.54) is 6.26 Å². The lowest BCUT2D eigenvalue weighted by atomic mass is 10.3. The number of hydrogen-bond acceptors (Lipinski definition) is 4. The molecule has 0 aromatic carbocycles. The zero-order chi connectivity index (χ0) is 15.9. The van der Waals surface area contributed by atoms with Gasteiger partial charge in [0.2, 0.25) is 5.91 Å². The van der Waals surface area contributed by atoms with Crippen LogP contribution < -0.4 is 10.6 Å². The van der Waals surface area contributed by atoms with Gasteiger partial charge in [-0.15, -0.1) is 0 Å². The standard InChI is InChI=1S/C13H26N4O3S/c1-4-12(18)17-8-6-11(10-17)16-13(14-5-2)15-7-9-21(3,19)20/h11H,4-10H2,1-3H3,(H2,14,15,16). The molecule has 1 aliphatic heterocycles. The Morgan fingerprint density at radius 2 is 2.10 bits per heavy atom. The molecule has 122 valence electrons. The van der Waals surface area contributed by atoms with Gasteiger partial charge in [0.05, 0.1) is 12.3 Å². The Labute approximate surface area is 127 Å². The van der Waals surface area contributed by atoms with Crippen LogP contribution in [0, 0.1) is 0 Å². The van der Waals surface area contributed by atoms with Crippen molar-refractivity contribution < 1.29 is 13.2 Å². The number of amides is 1. The Morgan fingerprint density at radius 3 is 2.67 bits per heavy atom. The van der Waals surface area contributed by atoms with Gasteiger partial charge in [-0.2, -0.15) is 0 Å². The molecule has 0 saturated carbocycles. The van der Waals surface area contributed by atoms with Gasteiger partial charge in [-0.05, 0) is 13.3 Å². The molecule has 0 aromatic rings. The second kappa shape index (κ2) is 8.21. The third-order valence-corrected chi connectivity index (χ3v) is 4.18. The van der Waals surface area contributed by atoms with Crippen LogP contribution in [-0.4, -0.2) is 69.4 Å². The summed E-state index contributed by atoms with van der Waals surface area (Å²) < 4.78 is 22.2. The van der Waals surface area contributed by atoms with Crippen LogP contribution in [0.4, 0.5) is 0 Å². The van der Waals surface area contributed by atoms with Crippen molar-refractivity contribution in [1.29, 1.82) is 0 Å². The monoisotopic (exact) mass is 318 g/mol. The number of sulfone groups is 1. The number of hydrogen-bond donors (Lipinski definition) is 2. The number of aliphatic imine (C=N–C) groups is 1. The molecule has 0 aliphatic carbocycles. The molecule has 8 heteroatoms. The first-order valence-corrected chi connectivity index (χ1v) is 9.42. The molecule has 0 spiro atoms. The van der Waals surface area contributed by atoms with E-state index in [4.69, 9.17) is 0 Å². The SMILES string of the molecule is CCNC(=NCCS(C)(=O)=O)NC1CCN(C(=O)CC)C1. The molecule has 1 unspecified atom stereocenters. The Bertz CT molecular complexity index is 476. The number of carbonyl (C=O) groups is 1. The topological polar surface area (TPSA) is 90.9 Å². The molecule has 1 fully saturated rings. The van der Waals surface area contributed by atoms with Crippen LogP contribution in [0.25, 0.3) is 0 Å². The molecular formula is C13H26N4O3S. The number of nitrogens with zero attached hydrogens (tertiary/aromatic N) is 2. The van der Waals surface area contributed by atoms with Crippen molar-refractivity contribution in [3.63, 3.8) is 0 Å². The van der Waals surface area contributed by atoms with Gasteiger partial charge in [0.15, 0.2) is 5.96 Å². The summed E-state index contributed by atoms with van der Waals surface area (Å²) in [5, 5.41) is 6.36. The van der Waals surface area contributed by atoms with Crippen molar-refractivity contribution in [3.05, 3.63) is 0 Å². The molecule has 0 bridgehead atoms. The lowest BCUT2D eigenvalue weighted by Gasteiger charge is -2.18. The first-order valence-electron chi connectivity index (χ1n) is 7.36. The highest BCUT2D eigenvalue weighted by atomic mass is 32.2. The van der Waals surface area contributed by atoms with Crippen LogP contribution in [-0.2, 0) is 14.6 Å². The molecule has 2 N–H and O–H groups in total. The van der Waals surface area contributed by atoms with Gasteiger partial charge in [0, 0.05) is 38.4 Å². The Hall–Kier alpha value is -1.31. The summed E-state index contributed by atoms with van der Waals surface area (Å²) in [6, 6.07) is 0.163. The fraction of sp³-hybridized carbons (Fsp3) is 0.846. The molecule has 1 amide bonds. The number of guanidine groups is 1. The van der Waals surface area contributed by atoms with Crippen molar-refractivity contribution in [2.75, 3.05) is 38.2 Å². The van der Waals surface area contributed by atoms with E-state index in [1.54, 1.807) is 0 Å². The summed E-state index contributed by atoms with van der Waals surface area (Å²) in [4.78, 5) is 17.7. The van der Waals surface area contributed by atoms with E-state index in [-0.39, 0.29) is 24.2 Å². The summed E-state index contributed by atoms with van der Waals surface area (Å²) in [5.74, 6) is 0.810. The summed E-state index contributed by atoms with van der Waals surface area (Å²) in [6.07, 6.45) is 2.60. The molecule has 0 radical (unpaired) electrons. The summed E-state index contributed by atoms with van der Waals surface area (Å²) >= 11 is 0. The Kier molecular flexibility index (Phi) is 6.94. The van der Waals surface area contributed by atoms with Gasteiger partial charge >= 0.3 is 0 Å². The molecule has 1 atom stereocenters. The fourth-order valence-electron chi connectivity index (χ4n) is 2.16. The van der Waals surface area contributed by atoms with Crippen molar-refractivity contribution in [3.8, 4) is 0 Å². The summed E-state index contributed by atoms with van der Waals surface area (Å²) in [5.41, 5.74) is 0. The van der Waals surface area contributed by atoms with Crippen molar-refractivity contribution in [2.45, 2.75) is 32.7 Å². The predicted octanol–water partition coefficient (Wildman–Crippen LogP) is -0.403. The van der Waals surface area contributed by atoms with E-state index >= 15 is 0 Å². The minimum Gasteiger partial charge on any atom is -0.357 e. The summed E-state index contributed by atoms with van der Waals surface area (Å²) in [7, 11) is -3.00. The van der Waals surface area contributed by atoms with Crippen LogP contribution >= 0.6 is 0 Å². The molecule has 1 aliphatic rings. The first-order chi connectivity index (χ1) is 9.85. The van der Waals surface area contributed by atoms with E-state index in [2.05, 4.69) is 15.6 Å². The smallest absolute Gasteiger partial charge is 0.222 e. The molecule has 0 aromatic heterocycles. The number of rotatable bonds is 6. The van der Waals surface area contributed by atoms with Gasteiger partial charge < -0.3 is 15.5 Å². The molecule has 1 rings (SSSR count). The van der Waals surface area contributed by atoms with Gasteiger partial charge in [-0.25, -0.2) is 8.42 Å². The minimum atomic E-state index is -3.00. The average molecular weight is 318 g/mol. The van der Waals surface area contributed by atoms with Crippen molar-refractivity contribution in [1.82, 2.24) is 15.5 Å². The largest absolute Gasteiger partial charge is 0.357 e. The van der Waals surface area contributed by atoms with Crippen LogP contribution in [0.1, 0.15) is 26.7 Å². The fourth-order valence-corrected chi connectivity index (χ4v) is 2.59. The van der Waals surface area contributed by atoms with Gasteiger partial charge in [0.1, 0.15) is 9.84 Å². The zero-order valence-electron chi connectivity index (χ0n) is 13.1. The molecule has 1 heterocycles. The highest BCUT2D eigenvalue weighted by molar-refractivity contribution is 7.90. The minimum absolute atomic E-state index is 0.0364. The van der Waals surface area contributed by atoms with Crippen LogP contribution in [0.3, 0.4) is 0 Å². The van der Waals surface area contributed by atoms with E-state index in [0.29, 0.717) is 25.5 Å². The summed E-state index contributed by atoms with van der Waals surface area (Å²) in [6.45, 7) is 6.18. The van der Waals surface area contributed by atoms with E-state index in [0.717, 1.165) is 13.0 Å². The van der Waals surface area contributed by atoms with Crippen LogP contribution in [0.5, 0.6) is 0 Å². The van der Waals surface area contributed by atoms with Crippen molar-refractivity contribution in [2.24, 2.45) is 4.99 Å². The van der Waals surface area contributed by atoms with E-state index < -0.39 is 9.84 Å². The van der Waals surface area contributed by atoms with E-state index in [9.17, 15) is 13.2 Å². The van der Waals surface area contributed by atoms with Crippen molar-refractivity contribution >= 4 is 21.7 Å². The number of carbonyl (C=O) groups excluding carboxylic acids is 1. The quantitative estimate of drug-likeness (QED) is 0.513. The molecular weight excluding hydrogens is 292 g/mol.